The number of aryl methyl sites for hydroxylation is 1. The number of nitrogens with zero attached hydrogens (tertiary/aromatic N) is 6. The number of anilines is 2. The number of hydrogen-bond donors (Lipinski definition) is 2. The molecule has 0 bridgehead atoms. The lowest BCUT2D eigenvalue weighted by molar-refractivity contribution is 0.788. The van der Waals surface area contributed by atoms with E-state index < -0.39 is 0 Å². The minimum atomic E-state index is 0.394. The average Bonchev–Trinajstić information content (AvgIpc) is 2.78. The van der Waals surface area contributed by atoms with Crippen LogP contribution in [0.2, 0.25) is 0 Å². The van der Waals surface area contributed by atoms with Crippen LogP contribution in [-0.2, 0) is 7.05 Å². The fourth-order valence-electron chi connectivity index (χ4n) is 1.89. The number of nitrogens with two attached hydrogens (primary N) is 1. The van der Waals surface area contributed by atoms with Crippen LogP contribution < -0.4 is 11.1 Å². The number of nitrogen functional groups attached to an aromatic ring is 1. The molecule has 0 aliphatic carbocycles. The van der Waals surface area contributed by atoms with Crippen molar-refractivity contribution in [2.24, 2.45) is 7.05 Å². The van der Waals surface area contributed by atoms with Crippen molar-refractivity contribution in [3.8, 4) is 11.3 Å². The van der Waals surface area contributed by atoms with Crippen molar-refractivity contribution in [2.45, 2.75) is 0 Å². The lowest BCUT2D eigenvalue weighted by Gasteiger charge is -2.00. The van der Waals surface area contributed by atoms with Crippen LogP contribution in [0.25, 0.3) is 22.3 Å². The molecule has 96 valence electrons. The van der Waals surface area contributed by atoms with Gasteiger partial charge in [-0.3, -0.25) is 0 Å². The van der Waals surface area contributed by atoms with E-state index in [1.54, 1.807) is 31.2 Å². The lowest BCUT2D eigenvalue weighted by atomic mass is 10.2. The molecule has 0 radical (unpaired) electrons. The van der Waals surface area contributed by atoms with Gasteiger partial charge in [0.2, 0.25) is 5.95 Å². The van der Waals surface area contributed by atoms with Crippen molar-refractivity contribution in [1.29, 1.82) is 0 Å². The second-order valence-electron chi connectivity index (χ2n) is 3.98. The molecule has 3 rings (SSSR count). The molecule has 0 spiro atoms. The number of rotatable bonds is 2. The van der Waals surface area contributed by atoms with E-state index >= 15 is 0 Å². The molecule has 0 unspecified atom stereocenters. The Hall–Kier alpha value is -2.77. The summed E-state index contributed by atoms with van der Waals surface area (Å²) in [7, 11) is 3.57. The van der Waals surface area contributed by atoms with Crippen LogP contribution >= 0.6 is 0 Å². The molecule has 3 N–H and O–H groups in total. The largest absolute Gasteiger partial charge is 0.383 e. The first-order valence-electron chi connectivity index (χ1n) is 5.64. The zero-order chi connectivity index (χ0) is 13.4. The number of fused-ring (bicyclic) bond motifs is 1. The van der Waals surface area contributed by atoms with E-state index in [1.807, 2.05) is 0 Å². The third kappa shape index (κ3) is 1.73. The Morgan fingerprint density at radius 1 is 1.16 bits per heavy atom. The summed E-state index contributed by atoms with van der Waals surface area (Å²) in [6.45, 7) is 0. The Labute approximate surface area is 108 Å². The molecule has 0 amide bonds. The van der Waals surface area contributed by atoms with Gasteiger partial charge in [-0.2, -0.15) is 5.10 Å². The molecule has 3 heterocycles. The number of nitrogens with one attached hydrogen (secondary N) is 1. The molecular weight excluding hydrogens is 244 g/mol. The molecule has 0 aromatic carbocycles. The summed E-state index contributed by atoms with van der Waals surface area (Å²) >= 11 is 0. The van der Waals surface area contributed by atoms with Crippen molar-refractivity contribution < 1.29 is 0 Å². The maximum absolute atomic E-state index is 5.91. The van der Waals surface area contributed by atoms with E-state index in [4.69, 9.17) is 5.73 Å². The maximum atomic E-state index is 5.91. The first-order valence-corrected chi connectivity index (χ1v) is 5.64. The predicted molar refractivity (Wildman–Crippen MR) is 71.3 cm³/mol. The van der Waals surface area contributed by atoms with Gasteiger partial charge in [0.1, 0.15) is 17.8 Å². The molecule has 0 saturated carbocycles. The smallest absolute Gasteiger partial charge is 0.222 e. The van der Waals surface area contributed by atoms with E-state index in [-0.39, 0.29) is 0 Å². The number of hydrogen-bond acceptors (Lipinski definition) is 7. The maximum Gasteiger partial charge on any atom is 0.222 e. The minimum absolute atomic E-state index is 0.394. The monoisotopic (exact) mass is 256 g/mol. The molecule has 8 nitrogen and oxygen atoms in total. The third-order valence-corrected chi connectivity index (χ3v) is 2.80. The standard InChI is InChI=1S/C11H12N8/c1-13-11-14-3-6(4-15-11)8-7-9(12)16-5-17-10(7)19(2)18-8/h3-5H,1-2H3,(H2,12,16,17)(H,13,14,15). The zero-order valence-electron chi connectivity index (χ0n) is 10.5. The van der Waals surface area contributed by atoms with Crippen molar-refractivity contribution in [3.05, 3.63) is 18.7 Å². The minimum Gasteiger partial charge on any atom is -0.383 e. The first-order chi connectivity index (χ1) is 9.20. The van der Waals surface area contributed by atoms with Crippen LogP contribution in [0.5, 0.6) is 0 Å². The molecule has 19 heavy (non-hydrogen) atoms. The van der Waals surface area contributed by atoms with Crippen molar-refractivity contribution >= 4 is 22.8 Å². The quantitative estimate of drug-likeness (QED) is 0.685. The van der Waals surface area contributed by atoms with Gasteiger partial charge >= 0.3 is 0 Å². The Morgan fingerprint density at radius 3 is 2.58 bits per heavy atom. The third-order valence-electron chi connectivity index (χ3n) is 2.80. The highest BCUT2D eigenvalue weighted by Crippen LogP contribution is 2.28. The van der Waals surface area contributed by atoms with Crippen LogP contribution in [0.15, 0.2) is 18.7 Å². The Bertz CT molecular complexity index is 730. The highest BCUT2D eigenvalue weighted by molar-refractivity contribution is 5.97. The van der Waals surface area contributed by atoms with Crippen molar-refractivity contribution in [3.63, 3.8) is 0 Å². The summed E-state index contributed by atoms with van der Waals surface area (Å²) in [5.74, 6) is 0.944. The van der Waals surface area contributed by atoms with E-state index in [2.05, 4.69) is 30.4 Å². The highest BCUT2D eigenvalue weighted by Gasteiger charge is 2.15. The second kappa shape index (κ2) is 4.16. The predicted octanol–water partition coefficient (Wildman–Crippen LogP) is 0.444. The molecule has 0 aliphatic rings. The lowest BCUT2D eigenvalue weighted by Crippen LogP contribution is -1.96. The van der Waals surface area contributed by atoms with Crippen LogP contribution in [-0.4, -0.2) is 36.8 Å². The zero-order valence-corrected chi connectivity index (χ0v) is 10.5. The molecule has 8 heteroatoms. The molecule has 0 saturated heterocycles. The van der Waals surface area contributed by atoms with E-state index in [9.17, 15) is 0 Å². The molecular formula is C11H12N8. The van der Waals surface area contributed by atoms with Gasteiger partial charge in [0.05, 0.1) is 5.39 Å². The van der Waals surface area contributed by atoms with Gasteiger partial charge in [-0.1, -0.05) is 0 Å². The van der Waals surface area contributed by atoms with Crippen LogP contribution in [0.1, 0.15) is 0 Å². The molecule has 3 aromatic rings. The van der Waals surface area contributed by atoms with Crippen molar-refractivity contribution in [2.75, 3.05) is 18.1 Å². The van der Waals surface area contributed by atoms with Crippen LogP contribution in [0.3, 0.4) is 0 Å². The fraction of sp³-hybridized carbons (Fsp3) is 0.182. The molecule has 0 aliphatic heterocycles. The fourth-order valence-corrected chi connectivity index (χ4v) is 1.89. The van der Waals surface area contributed by atoms with Crippen LogP contribution in [0.4, 0.5) is 11.8 Å². The molecule has 3 aromatic heterocycles. The van der Waals surface area contributed by atoms with Crippen LogP contribution in [0, 0.1) is 0 Å². The normalized spacial score (nSPS) is 10.8. The first kappa shape index (κ1) is 11.3. The SMILES string of the molecule is CNc1ncc(-c2nn(C)c3ncnc(N)c23)cn1. The van der Waals surface area contributed by atoms with Gasteiger partial charge in [0.15, 0.2) is 5.65 Å². The summed E-state index contributed by atoms with van der Waals surface area (Å²) in [6, 6.07) is 0. The summed E-state index contributed by atoms with van der Waals surface area (Å²) < 4.78 is 1.66. The summed E-state index contributed by atoms with van der Waals surface area (Å²) in [5.41, 5.74) is 8.04. The average molecular weight is 256 g/mol. The summed E-state index contributed by atoms with van der Waals surface area (Å²) in [6.07, 6.45) is 4.80. The Kier molecular flexibility index (Phi) is 2.48. The Morgan fingerprint density at radius 2 is 1.89 bits per heavy atom. The van der Waals surface area contributed by atoms with E-state index in [0.29, 0.717) is 28.5 Å². The van der Waals surface area contributed by atoms with Gasteiger partial charge in [-0.05, 0) is 0 Å². The van der Waals surface area contributed by atoms with Gasteiger partial charge < -0.3 is 11.1 Å². The van der Waals surface area contributed by atoms with Gasteiger partial charge in [-0.25, -0.2) is 24.6 Å². The van der Waals surface area contributed by atoms with E-state index in [1.165, 1.54) is 6.33 Å². The topological polar surface area (TPSA) is 107 Å². The van der Waals surface area contributed by atoms with Gasteiger partial charge in [0.25, 0.3) is 0 Å². The van der Waals surface area contributed by atoms with Crippen molar-refractivity contribution in [1.82, 2.24) is 29.7 Å². The Balaban J connectivity index is 2.24. The summed E-state index contributed by atoms with van der Waals surface area (Å²) in [5, 5.41) is 7.99. The highest BCUT2D eigenvalue weighted by atomic mass is 15.3. The number of aromatic nitrogens is 6. The van der Waals surface area contributed by atoms with E-state index in [0.717, 1.165) is 5.56 Å². The molecule has 0 fully saturated rings. The van der Waals surface area contributed by atoms with Gasteiger partial charge in [-0.15, -0.1) is 0 Å². The second-order valence-corrected chi connectivity index (χ2v) is 3.98. The summed E-state index contributed by atoms with van der Waals surface area (Å²) in [4.78, 5) is 16.5. The van der Waals surface area contributed by atoms with Gasteiger partial charge in [0, 0.05) is 32.1 Å². The molecule has 0 atom stereocenters.